The summed E-state index contributed by atoms with van der Waals surface area (Å²) in [6, 6.07) is 0. The second-order valence-electron chi connectivity index (χ2n) is 11.5. The van der Waals surface area contributed by atoms with E-state index in [-0.39, 0.29) is 65.4 Å². The molecule has 5 aliphatic carbocycles. The zero-order valence-electron chi connectivity index (χ0n) is 20.5. The normalized spacial score (nSPS) is 41.7. The molecule has 8 nitrogen and oxygen atoms in total. The molecule has 6 bridgehead atoms. The number of rotatable bonds is 4. The topological polar surface area (TPSA) is 105 Å². The van der Waals surface area contributed by atoms with Crippen molar-refractivity contribution >= 4 is 23.9 Å². The highest BCUT2D eigenvalue weighted by atomic mass is 16.6. The standard InChI is InChI=1S/C14H18O4.C13H16O4/c1-8(2)13(16)18-11-4-10-3-9(11)5-14(10)6-12(15)17-7-14;1-6(2)12(14)16-10-7-3-4-8-9(5-7)13(15)17-11(8)10/h9-11H,1,3-7H2,2H3;7-11H,1,3-5H2,2H3. The van der Waals surface area contributed by atoms with Crippen LogP contribution in [0.4, 0.5) is 0 Å². The Kier molecular flexibility index (Phi) is 6.04. The van der Waals surface area contributed by atoms with Crippen LogP contribution in [-0.2, 0) is 38.1 Å². The van der Waals surface area contributed by atoms with Gasteiger partial charge in [0.15, 0.2) is 0 Å². The molecule has 0 aromatic heterocycles. The average Bonchev–Trinajstić information content (AvgIpc) is 3.54. The molecule has 0 radical (unpaired) electrons. The molecule has 7 rings (SSSR count). The summed E-state index contributed by atoms with van der Waals surface area (Å²) in [5, 5.41) is 0. The van der Waals surface area contributed by atoms with Crippen LogP contribution in [0.1, 0.15) is 58.8 Å². The third kappa shape index (κ3) is 4.19. The third-order valence-electron chi connectivity index (χ3n) is 9.09. The van der Waals surface area contributed by atoms with Gasteiger partial charge in [0.05, 0.1) is 18.9 Å². The van der Waals surface area contributed by atoms with Gasteiger partial charge in [-0.15, -0.1) is 0 Å². The van der Waals surface area contributed by atoms with Crippen molar-refractivity contribution in [2.45, 2.75) is 77.1 Å². The molecule has 9 atom stereocenters. The predicted molar refractivity (Wildman–Crippen MR) is 122 cm³/mol. The molecule has 0 amide bonds. The van der Waals surface area contributed by atoms with Crippen LogP contribution >= 0.6 is 0 Å². The lowest BCUT2D eigenvalue weighted by molar-refractivity contribution is -0.168. The third-order valence-corrected chi connectivity index (χ3v) is 9.09. The van der Waals surface area contributed by atoms with Crippen LogP contribution in [0.15, 0.2) is 24.3 Å². The fraction of sp³-hybridized carbons (Fsp3) is 0.704. The Hall–Kier alpha value is -2.64. The number of fused-ring (bicyclic) bond motifs is 4. The first-order valence-electron chi connectivity index (χ1n) is 12.7. The van der Waals surface area contributed by atoms with E-state index < -0.39 is 0 Å². The Bertz CT molecular complexity index is 984. The maximum atomic E-state index is 11.6. The molecule has 0 aromatic carbocycles. The van der Waals surface area contributed by atoms with Gasteiger partial charge in [-0.05, 0) is 64.2 Å². The second-order valence-corrected chi connectivity index (χ2v) is 11.5. The van der Waals surface area contributed by atoms with Crippen LogP contribution in [-0.4, -0.2) is 48.8 Å². The van der Waals surface area contributed by atoms with Gasteiger partial charge in [0.1, 0.15) is 18.3 Å². The molecule has 7 fully saturated rings. The van der Waals surface area contributed by atoms with Crippen molar-refractivity contribution < 1.29 is 38.1 Å². The van der Waals surface area contributed by atoms with Crippen LogP contribution in [0.25, 0.3) is 0 Å². The van der Waals surface area contributed by atoms with Gasteiger partial charge in [-0.2, -0.15) is 0 Å². The van der Waals surface area contributed by atoms with Crippen LogP contribution in [0.2, 0.25) is 0 Å². The molecule has 0 aromatic rings. The van der Waals surface area contributed by atoms with Crippen molar-refractivity contribution in [3.63, 3.8) is 0 Å². The van der Waals surface area contributed by atoms with E-state index in [1.807, 2.05) is 0 Å². The van der Waals surface area contributed by atoms with E-state index in [4.69, 9.17) is 18.9 Å². The smallest absolute Gasteiger partial charge is 0.333 e. The van der Waals surface area contributed by atoms with E-state index in [1.54, 1.807) is 13.8 Å². The minimum Gasteiger partial charge on any atom is -0.465 e. The number of hydrogen-bond donors (Lipinski definition) is 0. The Morgan fingerprint density at radius 3 is 2.29 bits per heavy atom. The van der Waals surface area contributed by atoms with E-state index in [0.717, 1.165) is 38.5 Å². The SMILES string of the molecule is C=C(C)C(=O)OC1C2CCC3C(C2)C(=O)OC31.C=C(C)C(=O)OC1CC2CC1CC21COC(=O)C1. The number of carbonyl (C=O) groups is 4. The van der Waals surface area contributed by atoms with Gasteiger partial charge >= 0.3 is 23.9 Å². The fourth-order valence-corrected chi connectivity index (χ4v) is 7.34. The summed E-state index contributed by atoms with van der Waals surface area (Å²) in [5.41, 5.74) is 0.896. The quantitative estimate of drug-likeness (QED) is 0.339. The highest BCUT2D eigenvalue weighted by Gasteiger charge is 2.60. The summed E-state index contributed by atoms with van der Waals surface area (Å²) in [5.74, 6) is 0.627. The van der Waals surface area contributed by atoms with Gasteiger partial charge in [-0.25, -0.2) is 9.59 Å². The van der Waals surface area contributed by atoms with Crippen LogP contribution in [0, 0.1) is 35.0 Å². The van der Waals surface area contributed by atoms with E-state index in [2.05, 4.69) is 13.2 Å². The van der Waals surface area contributed by atoms with E-state index in [9.17, 15) is 19.2 Å². The summed E-state index contributed by atoms with van der Waals surface area (Å²) in [4.78, 5) is 46.1. The monoisotopic (exact) mass is 486 g/mol. The minimum atomic E-state index is -0.373. The van der Waals surface area contributed by atoms with Gasteiger partial charge in [0.25, 0.3) is 0 Å². The zero-order valence-corrected chi connectivity index (χ0v) is 20.5. The Balaban J connectivity index is 0.000000145. The van der Waals surface area contributed by atoms with Gasteiger partial charge in [-0.1, -0.05) is 13.2 Å². The molecule has 9 unspecified atom stereocenters. The predicted octanol–water partition coefficient (Wildman–Crippen LogP) is 3.28. The van der Waals surface area contributed by atoms with Crippen molar-refractivity contribution in [3.05, 3.63) is 24.3 Å². The molecule has 0 N–H and O–H groups in total. The van der Waals surface area contributed by atoms with Crippen molar-refractivity contribution in [2.75, 3.05) is 6.61 Å². The van der Waals surface area contributed by atoms with E-state index in [1.165, 1.54) is 0 Å². The summed E-state index contributed by atoms with van der Waals surface area (Å²) in [6.45, 7) is 11.0. The molecule has 2 saturated heterocycles. The molecule has 2 heterocycles. The average molecular weight is 487 g/mol. The molecular weight excluding hydrogens is 452 g/mol. The van der Waals surface area contributed by atoms with Crippen LogP contribution < -0.4 is 0 Å². The summed E-state index contributed by atoms with van der Waals surface area (Å²) in [6.07, 6.45) is 5.87. The lowest BCUT2D eigenvalue weighted by Gasteiger charge is -2.43. The van der Waals surface area contributed by atoms with E-state index in [0.29, 0.717) is 36.0 Å². The van der Waals surface area contributed by atoms with Gasteiger partial charge in [-0.3, -0.25) is 9.59 Å². The number of esters is 4. The zero-order chi connectivity index (χ0) is 25.1. The molecule has 35 heavy (non-hydrogen) atoms. The molecule has 5 saturated carbocycles. The summed E-state index contributed by atoms with van der Waals surface area (Å²) in [7, 11) is 0. The van der Waals surface area contributed by atoms with Crippen molar-refractivity contribution in [3.8, 4) is 0 Å². The maximum absolute atomic E-state index is 11.6. The number of cyclic esters (lactones) is 1. The van der Waals surface area contributed by atoms with Gasteiger partial charge in [0, 0.05) is 28.4 Å². The number of ether oxygens (including phenoxy) is 4. The molecule has 190 valence electrons. The fourth-order valence-electron chi connectivity index (χ4n) is 7.34. The first kappa shape index (κ1) is 24.1. The highest BCUT2D eigenvalue weighted by molar-refractivity contribution is 5.87. The molecular formula is C27H34O8. The van der Waals surface area contributed by atoms with Gasteiger partial charge in [0.2, 0.25) is 0 Å². The van der Waals surface area contributed by atoms with Crippen LogP contribution in [0.5, 0.6) is 0 Å². The lowest BCUT2D eigenvalue weighted by atomic mass is 9.63. The van der Waals surface area contributed by atoms with Crippen molar-refractivity contribution in [1.29, 1.82) is 0 Å². The first-order chi connectivity index (χ1) is 16.6. The molecule has 7 aliphatic rings. The minimum absolute atomic E-state index is 0.0144. The van der Waals surface area contributed by atoms with E-state index >= 15 is 0 Å². The molecule has 8 heteroatoms. The summed E-state index contributed by atoms with van der Waals surface area (Å²) >= 11 is 0. The Labute approximate surface area is 205 Å². The second kappa shape index (κ2) is 8.79. The lowest BCUT2D eigenvalue weighted by Crippen LogP contribution is -2.50. The Morgan fingerprint density at radius 1 is 0.971 bits per heavy atom. The Morgan fingerprint density at radius 2 is 1.69 bits per heavy atom. The maximum Gasteiger partial charge on any atom is 0.333 e. The highest BCUT2D eigenvalue weighted by Crippen LogP contribution is 2.60. The first-order valence-corrected chi connectivity index (χ1v) is 12.7. The largest absolute Gasteiger partial charge is 0.465 e. The molecule has 1 spiro atoms. The summed E-state index contributed by atoms with van der Waals surface area (Å²) < 4.78 is 21.4. The van der Waals surface area contributed by atoms with Crippen molar-refractivity contribution in [2.24, 2.45) is 35.0 Å². The molecule has 2 aliphatic heterocycles. The number of hydrogen-bond acceptors (Lipinski definition) is 8. The van der Waals surface area contributed by atoms with Gasteiger partial charge < -0.3 is 18.9 Å². The number of carbonyl (C=O) groups excluding carboxylic acids is 4. The van der Waals surface area contributed by atoms with Crippen molar-refractivity contribution in [1.82, 2.24) is 0 Å². The van der Waals surface area contributed by atoms with Crippen LogP contribution in [0.3, 0.4) is 0 Å².